The Bertz CT molecular complexity index is 947. The predicted octanol–water partition coefficient (Wildman–Crippen LogP) is 1.28. The van der Waals surface area contributed by atoms with Crippen molar-refractivity contribution in [3.05, 3.63) is 23.8 Å². The Morgan fingerprint density at radius 2 is 1.85 bits per heavy atom. The smallest absolute Gasteiger partial charge is 0.312 e. The van der Waals surface area contributed by atoms with Crippen molar-refractivity contribution in [3.63, 3.8) is 0 Å². The topological polar surface area (TPSA) is 132 Å². The van der Waals surface area contributed by atoms with Gasteiger partial charge >= 0.3 is 17.9 Å². The summed E-state index contributed by atoms with van der Waals surface area (Å²) in [5.41, 5.74) is -2.53. The van der Waals surface area contributed by atoms with Gasteiger partial charge in [-0.05, 0) is 18.6 Å². The zero-order valence-electron chi connectivity index (χ0n) is 19.8. The number of hydrogen-bond acceptors (Lipinski definition) is 9. The van der Waals surface area contributed by atoms with Crippen LogP contribution in [0.25, 0.3) is 0 Å². The molecule has 9 nitrogen and oxygen atoms in total. The minimum atomic E-state index is -1.98. The van der Waals surface area contributed by atoms with Crippen LogP contribution in [0.4, 0.5) is 0 Å². The summed E-state index contributed by atoms with van der Waals surface area (Å²) in [6.07, 6.45) is -0.524. The maximum absolute atomic E-state index is 12.7. The molecule has 2 heterocycles. The summed E-state index contributed by atoms with van der Waals surface area (Å²) in [6.45, 7) is 7.60. The maximum atomic E-state index is 12.7. The van der Waals surface area contributed by atoms with Crippen molar-refractivity contribution in [3.8, 4) is 0 Å². The van der Waals surface area contributed by atoms with Gasteiger partial charge in [0.05, 0.1) is 18.1 Å². The van der Waals surface area contributed by atoms with E-state index >= 15 is 0 Å². The van der Waals surface area contributed by atoms with Crippen LogP contribution in [-0.2, 0) is 33.3 Å². The average molecular weight is 499 g/mol. The molecule has 0 aromatic heterocycles. The largest absolute Gasteiger partial charge is 0.459 e. The molecular formula is C24H31ClO9. The number of epoxide rings is 1. The Hall–Kier alpha value is -1.94. The van der Waals surface area contributed by atoms with Crippen molar-refractivity contribution in [2.75, 3.05) is 5.88 Å². The van der Waals surface area contributed by atoms with E-state index in [4.69, 9.17) is 30.5 Å². The molecule has 0 amide bonds. The Balaban J connectivity index is 1.95. The molecule has 10 heteroatoms. The van der Waals surface area contributed by atoms with Crippen LogP contribution in [0.2, 0.25) is 0 Å². The molecule has 188 valence electrons. The number of ether oxygens (including phenoxy) is 4. The molecule has 2 N–H and O–H groups in total. The van der Waals surface area contributed by atoms with Crippen molar-refractivity contribution >= 4 is 29.5 Å². The summed E-state index contributed by atoms with van der Waals surface area (Å²) in [7, 11) is 0. The molecule has 4 rings (SSSR count). The third kappa shape index (κ3) is 3.68. The van der Waals surface area contributed by atoms with Crippen LogP contribution in [0.1, 0.15) is 34.6 Å². The summed E-state index contributed by atoms with van der Waals surface area (Å²) >= 11 is 6.10. The van der Waals surface area contributed by atoms with Gasteiger partial charge in [-0.2, -0.15) is 0 Å². The minimum Gasteiger partial charge on any atom is -0.459 e. The Kier molecular flexibility index (Phi) is 6.38. The van der Waals surface area contributed by atoms with Crippen molar-refractivity contribution in [1.29, 1.82) is 0 Å². The van der Waals surface area contributed by atoms with Gasteiger partial charge in [0.1, 0.15) is 18.3 Å². The van der Waals surface area contributed by atoms with E-state index in [2.05, 4.69) is 0 Å². The monoisotopic (exact) mass is 498 g/mol. The molecule has 2 aliphatic carbocycles. The molecule has 0 radical (unpaired) electrons. The van der Waals surface area contributed by atoms with E-state index in [-0.39, 0.29) is 5.88 Å². The zero-order chi connectivity index (χ0) is 25.2. The predicted molar refractivity (Wildman–Crippen MR) is 118 cm³/mol. The third-order valence-corrected chi connectivity index (χ3v) is 8.35. The number of carbonyl (C=O) groups excluding carboxylic acids is 3. The molecule has 2 saturated heterocycles. The number of rotatable bonds is 3. The van der Waals surface area contributed by atoms with Crippen molar-refractivity contribution in [2.24, 2.45) is 23.2 Å². The molecule has 0 aromatic rings. The minimum absolute atomic E-state index is 0.0353. The fourth-order valence-corrected chi connectivity index (χ4v) is 6.37. The molecule has 0 bridgehead atoms. The molecule has 11 atom stereocenters. The van der Waals surface area contributed by atoms with E-state index in [1.54, 1.807) is 26.0 Å². The first-order chi connectivity index (χ1) is 15.9. The average Bonchev–Trinajstić information content (AvgIpc) is 3.53. The Labute approximate surface area is 203 Å². The molecular weight excluding hydrogens is 468 g/mol. The van der Waals surface area contributed by atoms with Gasteiger partial charge in [-0.3, -0.25) is 14.4 Å². The summed E-state index contributed by atoms with van der Waals surface area (Å²) in [5, 5.41) is 23.6. The number of hydrogen-bond donors (Lipinski definition) is 2. The van der Waals surface area contributed by atoms with E-state index in [1.807, 2.05) is 0 Å². The molecule has 34 heavy (non-hydrogen) atoms. The number of halogens is 1. The fraction of sp³-hybridized carbons (Fsp3) is 0.708. The van der Waals surface area contributed by atoms with Crippen LogP contribution < -0.4 is 0 Å². The third-order valence-electron chi connectivity index (χ3n) is 8.04. The van der Waals surface area contributed by atoms with E-state index in [9.17, 15) is 24.6 Å². The van der Waals surface area contributed by atoms with Crippen LogP contribution in [0.3, 0.4) is 0 Å². The van der Waals surface area contributed by atoms with Gasteiger partial charge in [0, 0.05) is 37.0 Å². The molecule has 0 spiro atoms. The van der Waals surface area contributed by atoms with Crippen LogP contribution in [0, 0.1) is 23.2 Å². The van der Waals surface area contributed by atoms with Crippen LogP contribution in [-0.4, -0.2) is 76.2 Å². The van der Waals surface area contributed by atoms with E-state index in [0.29, 0.717) is 5.57 Å². The van der Waals surface area contributed by atoms with E-state index < -0.39 is 83.3 Å². The second-order valence-corrected chi connectivity index (χ2v) is 10.3. The maximum Gasteiger partial charge on any atom is 0.312 e. The summed E-state index contributed by atoms with van der Waals surface area (Å²) < 4.78 is 22.8. The summed E-state index contributed by atoms with van der Waals surface area (Å²) in [5.74, 6) is -4.15. The van der Waals surface area contributed by atoms with Gasteiger partial charge in [-0.25, -0.2) is 0 Å². The first-order valence-corrected chi connectivity index (χ1v) is 12.0. The number of aliphatic hydroxyl groups excluding tert-OH is 1. The summed E-state index contributed by atoms with van der Waals surface area (Å²) in [6, 6.07) is 0. The number of aliphatic hydroxyl groups is 2. The number of allylic oxidation sites excluding steroid dienone is 2. The fourth-order valence-electron chi connectivity index (χ4n) is 6.20. The first kappa shape index (κ1) is 25.2. The second-order valence-electron chi connectivity index (χ2n) is 10.0. The number of carbonyl (C=O) groups is 3. The lowest BCUT2D eigenvalue weighted by Gasteiger charge is -2.53. The van der Waals surface area contributed by atoms with E-state index in [0.717, 1.165) is 0 Å². The molecule has 1 saturated carbocycles. The number of esters is 3. The molecule has 3 fully saturated rings. The zero-order valence-corrected chi connectivity index (χ0v) is 20.5. The van der Waals surface area contributed by atoms with Gasteiger partial charge < -0.3 is 29.2 Å². The Morgan fingerprint density at radius 1 is 1.21 bits per heavy atom. The number of alkyl halides is 1. The molecule has 0 unspecified atom stereocenters. The second kappa shape index (κ2) is 8.62. The SMILES string of the molecule is CC(=O)O[C@@H]1[C@H](C)[C@@H]2[C@H](OC(C)=O)[C@]3(O)[C@H](/C=C(CCl)/C=C/[C@H](O)[C@@]2(C)[C@H]2O[C@@H]12)OC(=O)[C@@H]3C. The molecule has 2 aliphatic heterocycles. The van der Waals surface area contributed by atoms with Crippen molar-refractivity contribution in [2.45, 2.75) is 76.8 Å². The molecule has 4 aliphatic rings. The van der Waals surface area contributed by atoms with Crippen LogP contribution in [0.5, 0.6) is 0 Å². The first-order valence-electron chi connectivity index (χ1n) is 11.4. The highest BCUT2D eigenvalue weighted by Gasteiger charge is 2.74. The standard InChI is InChI=1S/C24H31ClO9/c1-10-17-20(32-13(4)27)24(30)11(2)22(29)33-16(24)8-14(9-25)6-7-15(28)23(17,5)21-19(34-21)18(10)31-12(3)26/h6-8,10-11,15-21,28,30H,9H2,1-5H3/b7-6+,14-8-/t10-,11+,15+,16+,17-,18-,19+,20+,21+,23-,24-/m1/s1. The van der Waals surface area contributed by atoms with Crippen LogP contribution >= 0.6 is 11.6 Å². The van der Waals surface area contributed by atoms with Gasteiger partial charge in [0.2, 0.25) is 0 Å². The van der Waals surface area contributed by atoms with Gasteiger partial charge in [-0.15, -0.1) is 11.6 Å². The number of fused-ring (bicyclic) bond motifs is 4. The lowest BCUT2D eigenvalue weighted by atomic mass is 9.54. The highest BCUT2D eigenvalue weighted by Crippen LogP contribution is 2.61. The van der Waals surface area contributed by atoms with Crippen molar-refractivity contribution in [1.82, 2.24) is 0 Å². The van der Waals surface area contributed by atoms with E-state index in [1.165, 1.54) is 26.8 Å². The highest BCUT2D eigenvalue weighted by molar-refractivity contribution is 6.19. The van der Waals surface area contributed by atoms with Gasteiger partial charge in [0.25, 0.3) is 0 Å². The van der Waals surface area contributed by atoms with Gasteiger partial charge in [0.15, 0.2) is 11.7 Å². The lowest BCUT2D eigenvalue weighted by Crippen LogP contribution is -2.66. The highest BCUT2D eigenvalue weighted by atomic mass is 35.5. The lowest BCUT2D eigenvalue weighted by molar-refractivity contribution is -0.215. The quantitative estimate of drug-likeness (QED) is 0.255. The normalized spacial score (nSPS) is 49.8. The molecule has 0 aromatic carbocycles. The summed E-state index contributed by atoms with van der Waals surface area (Å²) in [4.78, 5) is 36.9. The van der Waals surface area contributed by atoms with Crippen molar-refractivity contribution < 1.29 is 43.5 Å². The Morgan fingerprint density at radius 3 is 2.44 bits per heavy atom. The van der Waals surface area contributed by atoms with Gasteiger partial charge in [-0.1, -0.05) is 26.0 Å². The van der Waals surface area contributed by atoms with Crippen LogP contribution in [0.15, 0.2) is 23.8 Å².